The maximum Gasteiger partial charge on any atom is 0.235 e. The van der Waals surface area contributed by atoms with Crippen LogP contribution in [0.1, 0.15) is 18.4 Å². The molecule has 116 valence electrons. The van der Waals surface area contributed by atoms with E-state index in [0.29, 0.717) is 17.1 Å². The summed E-state index contributed by atoms with van der Waals surface area (Å²) in [5, 5.41) is 2.68. The number of amides is 1. The molecular weight excluding hydrogens is 294 g/mol. The predicted molar refractivity (Wildman–Crippen MR) is 77.5 cm³/mol. The fourth-order valence-electron chi connectivity index (χ4n) is 2.04. The van der Waals surface area contributed by atoms with E-state index in [1.54, 1.807) is 13.0 Å². The van der Waals surface area contributed by atoms with Crippen molar-refractivity contribution >= 4 is 15.7 Å². The van der Waals surface area contributed by atoms with E-state index >= 15 is 0 Å². The molecule has 0 radical (unpaired) electrons. The van der Waals surface area contributed by atoms with Gasteiger partial charge in [0.1, 0.15) is 5.75 Å². The number of carbonyl (C=O) groups excluding carboxylic acids is 1. The van der Waals surface area contributed by atoms with E-state index in [2.05, 4.69) is 5.32 Å². The van der Waals surface area contributed by atoms with Crippen LogP contribution < -0.4 is 14.8 Å². The van der Waals surface area contributed by atoms with E-state index in [-0.39, 0.29) is 10.9 Å². The van der Waals surface area contributed by atoms with Crippen molar-refractivity contribution in [1.29, 1.82) is 0 Å². The predicted octanol–water partition coefficient (Wildman–Crippen LogP) is 1.06. The fourth-order valence-corrected chi connectivity index (χ4v) is 3.46. The molecule has 0 heterocycles. The Hall–Kier alpha value is -1.76. The number of carbonyl (C=O) groups is 1. The molecule has 0 aliphatic heterocycles. The van der Waals surface area contributed by atoms with Gasteiger partial charge in [0.25, 0.3) is 0 Å². The second kappa shape index (κ2) is 5.93. The summed E-state index contributed by atoms with van der Waals surface area (Å²) < 4.78 is 35.0. The minimum atomic E-state index is -3.71. The van der Waals surface area contributed by atoms with E-state index in [9.17, 15) is 13.2 Å². The lowest BCUT2D eigenvalue weighted by Gasteiger charge is -2.13. The van der Waals surface area contributed by atoms with Gasteiger partial charge in [0, 0.05) is 12.1 Å². The number of nitrogens with one attached hydrogen (secondary N) is 1. The molecule has 21 heavy (non-hydrogen) atoms. The Labute approximate surface area is 124 Å². The smallest absolute Gasteiger partial charge is 0.235 e. The normalized spacial score (nSPS) is 14.6. The van der Waals surface area contributed by atoms with Crippen molar-refractivity contribution < 1.29 is 22.7 Å². The summed E-state index contributed by atoms with van der Waals surface area (Å²) in [5.41, 5.74) is 0.520. The van der Waals surface area contributed by atoms with Crippen LogP contribution >= 0.6 is 0 Å². The molecule has 0 saturated heterocycles. The van der Waals surface area contributed by atoms with Crippen LogP contribution in [0.5, 0.6) is 11.5 Å². The fraction of sp³-hybridized carbons (Fsp3) is 0.500. The SMILES string of the molecule is COc1cc(C)c(S(=O)(=O)CC(=O)NC2CC2)cc1OC. The average molecular weight is 313 g/mol. The van der Waals surface area contributed by atoms with Crippen molar-refractivity contribution in [2.24, 2.45) is 0 Å². The Balaban J connectivity index is 2.27. The molecule has 0 spiro atoms. The van der Waals surface area contributed by atoms with E-state index in [1.165, 1.54) is 20.3 Å². The molecule has 0 atom stereocenters. The number of benzene rings is 1. The second-order valence-corrected chi connectivity index (χ2v) is 7.03. The van der Waals surface area contributed by atoms with E-state index in [4.69, 9.17) is 9.47 Å². The average Bonchev–Trinajstić information content (AvgIpc) is 3.20. The lowest BCUT2D eigenvalue weighted by molar-refractivity contribution is -0.118. The molecule has 1 amide bonds. The Kier molecular flexibility index (Phi) is 4.41. The number of methoxy groups -OCH3 is 2. The van der Waals surface area contributed by atoms with Crippen LogP contribution in [-0.4, -0.2) is 40.3 Å². The van der Waals surface area contributed by atoms with Crippen LogP contribution in [0.15, 0.2) is 17.0 Å². The summed E-state index contributed by atoms with van der Waals surface area (Å²) in [6.07, 6.45) is 1.84. The molecule has 6 nitrogen and oxygen atoms in total. The number of rotatable bonds is 6. The van der Waals surface area contributed by atoms with Crippen molar-refractivity contribution in [3.63, 3.8) is 0 Å². The van der Waals surface area contributed by atoms with Crippen molar-refractivity contribution in [3.8, 4) is 11.5 Å². The van der Waals surface area contributed by atoms with Crippen LogP contribution in [0, 0.1) is 6.92 Å². The molecule has 0 bridgehead atoms. The summed E-state index contributed by atoms with van der Waals surface area (Å²) in [4.78, 5) is 11.8. The van der Waals surface area contributed by atoms with Gasteiger partial charge in [-0.2, -0.15) is 0 Å². The molecule has 0 aromatic heterocycles. The first-order valence-electron chi connectivity index (χ1n) is 6.62. The summed E-state index contributed by atoms with van der Waals surface area (Å²) in [7, 11) is -0.799. The molecule has 1 aromatic carbocycles. The van der Waals surface area contributed by atoms with Gasteiger partial charge in [-0.1, -0.05) is 0 Å². The highest BCUT2D eigenvalue weighted by Crippen LogP contribution is 2.32. The van der Waals surface area contributed by atoms with Crippen LogP contribution in [0.25, 0.3) is 0 Å². The Bertz CT molecular complexity index is 650. The Morgan fingerprint density at radius 2 is 1.81 bits per heavy atom. The van der Waals surface area contributed by atoms with E-state index in [0.717, 1.165) is 12.8 Å². The minimum absolute atomic E-state index is 0.0890. The first kappa shape index (κ1) is 15.6. The zero-order chi connectivity index (χ0) is 15.6. The summed E-state index contributed by atoms with van der Waals surface area (Å²) >= 11 is 0. The monoisotopic (exact) mass is 313 g/mol. The largest absolute Gasteiger partial charge is 0.493 e. The van der Waals surface area contributed by atoms with Crippen LogP contribution in [0.4, 0.5) is 0 Å². The molecule has 1 aromatic rings. The van der Waals surface area contributed by atoms with Gasteiger partial charge in [-0.05, 0) is 31.4 Å². The zero-order valence-corrected chi connectivity index (χ0v) is 13.1. The molecule has 1 aliphatic rings. The van der Waals surface area contributed by atoms with E-state index < -0.39 is 21.5 Å². The molecule has 1 saturated carbocycles. The lowest BCUT2D eigenvalue weighted by atomic mass is 10.2. The van der Waals surface area contributed by atoms with Crippen LogP contribution in [0.2, 0.25) is 0 Å². The summed E-state index contributed by atoms with van der Waals surface area (Å²) in [6, 6.07) is 3.12. The number of ether oxygens (including phenoxy) is 2. The third kappa shape index (κ3) is 3.66. The van der Waals surface area contributed by atoms with Gasteiger partial charge in [0.2, 0.25) is 5.91 Å². The Morgan fingerprint density at radius 3 is 2.33 bits per heavy atom. The minimum Gasteiger partial charge on any atom is -0.493 e. The molecule has 1 fully saturated rings. The van der Waals surface area contributed by atoms with Gasteiger partial charge in [-0.15, -0.1) is 0 Å². The molecule has 7 heteroatoms. The van der Waals surface area contributed by atoms with Gasteiger partial charge in [-0.3, -0.25) is 4.79 Å². The highest BCUT2D eigenvalue weighted by Gasteiger charge is 2.28. The van der Waals surface area contributed by atoms with Crippen LogP contribution in [0.3, 0.4) is 0 Å². The lowest BCUT2D eigenvalue weighted by Crippen LogP contribution is -2.32. The second-order valence-electron chi connectivity index (χ2n) is 5.07. The van der Waals surface area contributed by atoms with Gasteiger partial charge in [0.15, 0.2) is 21.3 Å². The number of sulfone groups is 1. The molecule has 0 unspecified atom stereocenters. The maximum atomic E-state index is 12.4. The highest BCUT2D eigenvalue weighted by molar-refractivity contribution is 7.92. The van der Waals surface area contributed by atoms with Crippen LogP contribution in [-0.2, 0) is 14.6 Å². The number of aryl methyl sites for hydroxylation is 1. The van der Waals surface area contributed by atoms with Gasteiger partial charge in [0.05, 0.1) is 19.1 Å². The quantitative estimate of drug-likeness (QED) is 0.849. The third-order valence-corrected chi connectivity index (χ3v) is 5.03. The topological polar surface area (TPSA) is 81.7 Å². The standard InChI is InChI=1S/C14H19NO5S/c1-9-6-11(19-2)12(20-3)7-13(9)21(17,18)8-14(16)15-10-4-5-10/h6-7,10H,4-5,8H2,1-3H3,(H,15,16). The molecule has 1 aliphatic carbocycles. The first-order valence-corrected chi connectivity index (χ1v) is 8.27. The molecule has 1 N–H and O–H groups in total. The number of hydrogen-bond donors (Lipinski definition) is 1. The summed E-state index contributed by atoms with van der Waals surface area (Å²) in [6.45, 7) is 1.66. The molecule has 2 rings (SSSR count). The van der Waals surface area contributed by atoms with Gasteiger partial charge in [-0.25, -0.2) is 8.42 Å². The number of hydrogen-bond acceptors (Lipinski definition) is 5. The third-order valence-electron chi connectivity index (χ3n) is 3.28. The summed E-state index contributed by atoms with van der Waals surface area (Å²) in [5.74, 6) is -0.243. The van der Waals surface area contributed by atoms with Crippen molar-refractivity contribution in [2.45, 2.75) is 30.7 Å². The van der Waals surface area contributed by atoms with Crippen molar-refractivity contribution in [3.05, 3.63) is 17.7 Å². The van der Waals surface area contributed by atoms with Gasteiger partial charge >= 0.3 is 0 Å². The first-order chi connectivity index (χ1) is 9.87. The highest BCUT2D eigenvalue weighted by atomic mass is 32.2. The van der Waals surface area contributed by atoms with Crippen molar-refractivity contribution in [2.75, 3.05) is 20.0 Å². The zero-order valence-electron chi connectivity index (χ0n) is 12.3. The maximum absolute atomic E-state index is 12.4. The van der Waals surface area contributed by atoms with Crippen molar-refractivity contribution in [1.82, 2.24) is 5.32 Å². The Morgan fingerprint density at radius 1 is 1.24 bits per heavy atom. The van der Waals surface area contributed by atoms with Gasteiger partial charge < -0.3 is 14.8 Å². The van der Waals surface area contributed by atoms with E-state index in [1.807, 2.05) is 0 Å². The molecular formula is C14H19NO5S.